The van der Waals surface area contributed by atoms with Gasteiger partial charge in [0.1, 0.15) is 5.82 Å². The van der Waals surface area contributed by atoms with Crippen LogP contribution in [-0.4, -0.2) is 29.8 Å². The molecule has 106 valence electrons. The summed E-state index contributed by atoms with van der Waals surface area (Å²) in [5.41, 5.74) is 8.02. The number of para-hydroxylation sites is 1. The molecule has 3 rings (SSSR count). The number of anilines is 1. The number of aromatic nitrogens is 1. The number of aliphatic hydroxyl groups is 1. The van der Waals surface area contributed by atoms with Crippen LogP contribution >= 0.6 is 0 Å². The van der Waals surface area contributed by atoms with E-state index < -0.39 is 0 Å². The van der Waals surface area contributed by atoms with Gasteiger partial charge in [-0.2, -0.15) is 0 Å². The fourth-order valence-corrected chi connectivity index (χ4v) is 2.90. The second kappa shape index (κ2) is 5.77. The van der Waals surface area contributed by atoms with Crippen LogP contribution in [0.3, 0.4) is 0 Å². The first kappa shape index (κ1) is 13.3. The van der Waals surface area contributed by atoms with E-state index in [1.165, 1.54) is 0 Å². The molecule has 0 saturated carbocycles. The molecule has 0 spiro atoms. The van der Waals surface area contributed by atoms with E-state index in [2.05, 4.69) is 17.0 Å². The van der Waals surface area contributed by atoms with Gasteiger partial charge in [0.15, 0.2) is 0 Å². The number of piperidine rings is 1. The Hall–Kier alpha value is -1.65. The molecule has 0 bridgehead atoms. The maximum absolute atomic E-state index is 9.24. The summed E-state index contributed by atoms with van der Waals surface area (Å²) in [4.78, 5) is 7.11. The molecule has 1 aliphatic heterocycles. The zero-order valence-corrected chi connectivity index (χ0v) is 11.6. The van der Waals surface area contributed by atoms with Crippen LogP contribution < -0.4 is 10.6 Å². The lowest BCUT2D eigenvalue weighted by molar-refractivity contribution is 0.202. The second-order valence-corrected chi connectivity index (χ2v) is 5.48. The van der Waals surface area contributed by atoms with Gasteiger partial charge < -0.3 is 15.7 Å². The molecule has 1 aromatic heterocycles. The quantitative estimate of drug-likeness (QED) is 0.895. The monoisotopic (exact) mass is 271 g/mol. The van der Waals surface area contributed by atoms with E-state index in [-0.39, 0.29) is 0 Å². The fourth-order valence-electron chi connectivity index (χ4n) is 2.90. The largest absolute Gasteiger partial charge is 0.396 e. The summed E-state index contributed by atoms with van der Waals surface area (Å²) >= 11 is 0. The summed E-state index contributed by atoms with van der Waals surface area (Å²) in [6, 6.07) is 10.3. The lowest BCUT2D eigenvalue weighted by atomic mass is 9.97. The number of nitrogens with two attached hydrogens (primary N) is 1. The Kier molecular flexibility index (Phi) is 3.85. The minimum Gasteiger partial charge on any atom is -0.396 e. The SMILES string of the molecule is NCc1cc2ccccc2nc1N1CCC(CO)CC1. The number of benzene rings is 1. The van der Waals surface area contributed by atoms with Crippen LogP contribution in [0.15, 0.2) is 30.3 Å². The molecule has 2 heterocycles. The molecule has 0 atom stereocenters. The van der Waals surface area contributed by atoms with E-state index in [4.69, 9.17) is 10.7 Å². The first-order valence-corrected chi connectivity index (χ1v) is 7.26. The normalized spacial score (nSPS) is 16.8. The van der Waals surface area contributed by atoms with Crippen LogP contribution in [0, 0.1) is 5.92 Å². The van der Waals surface area contributed by atoms with Gasteiger partial charge in [-0.15, -0.1) is 0 Å². The van der Waals surface area contributed by atoms with Crippen molar-refractivity contribution in [1.82, 2.24) is 4.98 Å². The van der Waals surface area contributed by atoms with Gasteiger partial charge in [-0.3, -0.25) is 0 Å². The standard InChI is InChI=1S/C16H21N3O/c17-10-14-9-13-3-1-2-4-15(13)18-16(14)19-7-5-12(11-20)6-8-19/h1-4,9,12,20H,5-8,10-11,17H2. The third-order valence-electron chi connectivity index (χ3n) is 4.17. The zero-order chi connectivity index (χ0) is 13.9. The Balaban J connectivity index is 1.94. The number of fused-ring (bicyclic) bond motifs is 1. The highest BCUT2D eigenvalue weighted by atomic mass is 16.3. The Morgan fingerprint density at radius 3 is 2.70 bits per heavy atom. The summed E-state index contributed by atoms with van der Waals surface area (Å²) in [7, 11) is 0. The van der Waals surface area contributed by atoms with Crippen LogP contribution in [-0.2, 0) is 6.54 Å². The number of hydrogen-bond donors (Lipinski definition) is 2. The molecule has 20 heavy (non-hydrogen) atoms. The highest BCUT2D eigenvalue weighted by molar-refractivity contribution is 5.81. The summed E-state index contributed by atoms with van der Waals surface area (Å²) in [6.07, 6.45) is 2.05. The summed E-state index contributed by atoms with van der Waals surface area (Å²) in [5.74, 6) is 1.45. The van der Waals surface area contributed by atoms with Gasteiger partial charge in [0.2, 0.25) is 0 Å². The molecule has 1 fully saturated rings. The number of rotatable bonds is 3. The number of hydrogen-bond acceptors (Lipinski definition) is 4. The van der Waals surface area contributed by atoms with Crippen molar-refractivity contribution in [1.29, 1.82) is 0 Å². The van der Waals surface area contributed by atoms with Crippen molar-refractivity contribution in [3.05, 3.63) is 35.9 Å². The van der Waals surface area contributed by atoms with Crippen LogP contribution in [0.5, 0.6) is 0 Å². The van der Waals surface area contributed by atoms with Gasteiger partial charge in [0.05, 0.1) is 5.52 Å². The number of aliphatic hydroxyl groups excluding tert-OH is 1. The van der Waals surface area contributed by atoms with E-state index in [1.54, 1.807) is 0 Å². The molecule has 1 aromatic carbocycles. The fraction of sp³-hybridized carbons (Fsp3) is 0.438. The third kappa shape index (κ3) is 2.49. The molecule has 0 amide bonds. The van der Waals surface area contributed by atoms with Gasteiger partial charge in [-0.1, -0.05) is 18.2 Å². The molecule has 1 aliphatic rings. The van der Waals surface area contributed by atoms with Crippen molar-refractivity contribution in [3.63, 3.8) is 0 Å². The predicted molar refractivity (Wildman–Crippen MR) is 81.7 cm³/mol. The molecule has 4 heteroatoms. The zero-order valence-electron chi connectivity index (χ0n) is 11.6. The van der Waals surface area contributed by atoms with Crippen molar-refractivity contribution in [3.8, 4) is 0 Å². The van der Waals surface area contributed by atoms with Gasteiger partial charge in [-0.05, 0) is 30.9 Å². The van der Waals surface area contributed by atoms with E-state index in [0.717, 1.165) is 48.2 Å². The third-order valence-corrected chi connectivity index (χ3v) is 4.17. The Labute approximate surface area is 119 Å². The van der Waals surface area contributed by atoms with Crippen LogP contribution in [0.1, 0.15) is 18.4 Å². The van der Waals surface area contributed by atoms with E-state index in [9.17, 15) is 5.11 Å². The van der Waals surface area contributed by atoms with Crippen LogP contribution in [0.4, 0.5) is 5.82 Å². The number of pyridine rings is 1. The minimum atomic E-state index is 0.294. The highest BCUT2D eigenvalue weighted by Crippen LogP contribution is 2.27. The molecular formula is C16H21N3O. The summed E-state index contributed by atoms with van der Waals surface area (Å²) in [6.45, 7) is 2.70. The lowest BCUT2D eigenvalue weighted by Crippen LogP contribution is -2.36. The minimum absolute atomic E-state index is 0.294. The Morgan fingerprint density at radius 1 is 1.25 bits per heavy atom. The Morgan fingerprint density at radius 2 is 2.00 bits per heavy atom. The molecule has 1 saturated heterocycles. The first-order chi connectivity index (χ1) is 9.81. The van der Waals surface area contributed by atoms with Crippen molar-refractivity contribution < 1.29 is 5.11 Å². The molecule has 0 unspecified atom stereocenters. The van der Waals surface area contributed by atoms with E-state index >= 15 is 0 Å². The molecule has 4 nitrogen and oxygen atoms in total. The number of nitrogens with zero attached hydrogens (tertiary/aromatic N) is 2. The van der Waals surface area contributed by atoms with Crippen molar-refractivity contribution in [2.75, 3.05) is 24.6 Å². The van der Waals surface area contributed by atoms with Gasteiger partial charge in [0, 0.05) is 37.2 Å². The smallest absolute Gasteiger partial charge is 0.133 e. The van der Waals surface area contributed by atoms with E-state index in [1.807, 2.05) is 18.2 Å². The highest BCUT2D eigenvalue weighted by Gasteiger charge is 2.21. The topological polar surface area (TPSA) is 62.4 Å². The predicted octanol–water partition coefficient (Wildman–Crippen LogP) is 1.90. The van der Waals surface area contributed by atoms with Crippen LogP contribution in [0.25, 0.3) is 10.9 Å². The summed E-state index contributed by atoms with van der Waals surface area (Å²) < 4.78 is 0. The Bertz CT molecular complexity index is 591. The molecule has 3 N–H and O–H groups in total. The maximum atomic E-state index is 9.24. The second-order valence-electron chi connectivity index (χ2n) is 5.48. The van der Waals surface area contributed by atoms with Gasteiger partial charge in [0.25, 0.3) is 0 Å². The van der Waals surface area contributed by atoms with E-state index in [0.29, 0.717) is 19.1 Å². The van der Waals surface area contributed by atoms with Gasteiger partial charge in [-0.25, -0.2) is 4.98 Å². The molecule has 2 aromatic rings. The van der Waals surface area contributed by atoms with Crippen molar-refractivity contribution in [2.45, 2.75) is 19.4 Å². The summed E-state index contributed by atoms with van der Waals surface area (Å²) in [5, 5.41) is 10.4. The lowest BCUT2D eigenvalue weighted by Gasteiger charge is -2.33. The van der Waals surface area contributed by atoms with Crippen molar-refractivity contribution >= 4 is 16.7 Å². The first-order valence-electron chi connectivity index (χ1n) is 7.26. The van der Waals surface area contributed by atoms with Crippen LogP contribution in [0.2, 0.25) is 0 Å². The average Bonchev–Trinajstić information content (AvgIpc) is 2.53. The molecule has 0 radical (unpaired) electrons. The van der Waals surface area contributed by atoms with Gasteiger partial charge >= 0.3 is 0 Å². The average molecular weight is 271 g/mol. The molecular weight excluding hydrogens is 250 g/mol. The maximum Gasteiger partial charge on any atom is 0.133 e. The van der Waals surface area contributed by atoms with Crippen molar-refractivity contribution in [2.24, 2.45) is 11.7 Å². The molecule has 0 aliphatic carbocycles.